The minimum atomic E-state index is 0.445. The molecule has 2 N–H and O–H groups in total. The van der Waals surface area contributed by atoms with Crippen LogP contribution in [0.25, 0.3) is 0 Å². The summed E-state index contributed by atoms with van der Waals surface area (Å²) >= 11 is 0. The molecule has 1 atom stereocenters. The Hall–Kier alpha value is -0.0800. The summed E-state index contributed by atoms with van der Waals surface area (Å²) in [5.41, 5.74) is 6.49. The van der Waals surface area contributed by atoms with Gasteiger partial charge in [0, 0.05) is 25.2 Å². The van der Waals surface area contributed by atoms with Crippen molar-refractivity contribution in [3.8, 4) is 0 Å². The van der Waals surface area contributed by atoms with E-state index in [1.165, 1.54) is 38.6 Å². The second kappa shape index (κ2) is 4.66. The van der Waals surface area contributed by atoms with Gasteiger partial charge in [-0.15, -0.1) is 0 Å². The average molecular weight is 224 g/mol. The number of hydrogen-bond donors (Lipinski definition) is 1. The van der Waals surface area contributed by atoms with Crippen molar-refractivity contribution in [2.45, 2.75) is 65.0 Å². The summed E-state index contributed by atoms with van der Waals surface area (Å²) < 4.78 is 0. The summed E-state index contributed by atoms with van der Waals surface area (Å²) in [5.74, 6) is 0.931. The molecule has 1 heterocycles. The highest BCUT2D eigenvalue weighted by Crippen LogP contribution is 2.39. The van der Waals surface area contributed by atoms with Crippen molar-refractivity contribution in [3.63, 3.8) is 0 Å². The second-order valence-electron chi connectivity index (χ2n) is 6.92. The Morgan fingerprint density at radius 2 is 1.62 bits per heavy atom. The number of nitrogens with two attached hydrogens (primary N) is 1. The summed E-state index contributed by atoms with van der Waals surface area (Å²) in [4.78, 5) is 2.64. The summed E-state index contributed by atoms with van der Waals surface area (Å²) in [6, 6.07) is 1.28. The topological polar surface area (TPSA) is 29.3 Å². The number of rotatable bonds is 1. The van der Waals surface area contributed by atoms with Crippen molar-refractivity contribution in [2.75, 3.05) is 13.1 Å². The third kappa shape index (κ3) is 2.78. The van der Waals surface area contributed by atoms with E-state index in [0.29, 0.717) is 11.5 Å². The summed E-state index contributed by atoms with van der Waals surface area (Å²) in [6.07, 6.45) is 6.84. The quantitative estimate of drug-likeness (QED) is 0.742. The Balaban J connectivity index is 1.81. The molecule has 0 aromatic rings. The molecule has 0 aromatic carbocycles. The maximum absolute atomic E-state index is 5.99. The van der Waals surface area contributed by atoms with Gasteiger partial charge in [0.15, 0.2) is 0 Å². The van der Waals surface area contributed by atoms with Crippen LogP contribution < -0.4 is 5.73 Å². The van der Waals surface area contributed by atoms with Crippen LogP contribution in [0.3, 0.4) is 0 Å². The molecule has 0 amide bonds. The molecule has 1 aliphatic carbocycles. The first-order valence-corrected chi connectivity index (χ1v) is 6.96. The van der Waals surface area contributed by atoms with Crippen LogP contribution in [-0.4, -0.2) is 30.1 Å². The van der Waals surface area contributed by atoms with Gasteiger partial charge in [0.2, 0.25) is 0 Å². The number of likely N-dealkylation sites (tertiary alicyclic amines) is 1. The predicted octanol–water partition coefficient (Wildman–Crippen LogP) is 2.62. The van der Waals surface area contributed by atoms with E-state index >= 15 is 0 Å². The monoisotopic (exact) mass is 224 g/mol. The van der Waals surface area contributed by atoms with Crippen LogP contribution in [0, 0.1) is 11.3 Å². The van der Waals surface area contributed by atoms with Crippen molar-refractivity contribution < 1.29 is 0 Å². The molecule has 0 radical (unpaired) electrons. The molecule has 2 aliphatic rings. The minimum absolute atomic E-state index is 0.445. The molecule has 16 heavy (non-hydrogen) atoms. The largest absolute Gasteiger partial charge is 0.326 e. The van der Waals surface area contributed by atoms with Crippen molar-refractivity contribution in [3.05, 3.63) is 0 Å². The Morgan fingerprint density at radius 1 is 1.00 bits per heavy atom. The molecule has 2 fully saturated rings. The first-order chi connectivity index (χ1) is 7.47. The highest BCUT2D eigenvalue weighted by atomic mass is 15.2. The molecular formula is C14H28N2. The normalized spacial score (nSPS) is 37.9. The zero-order chi connectivity index (χ0) is 11.8. The van der Waals surface area contributed by atoms with Crippen molar-refractivity contribution >= 4 is 0 Å². The molecule has 2 heteroatoms. The molecule has 2 rings (SSSR count). The number of nitrogens with zero attached hydrogens (tertiary/aromatic N) is 1. The van der Waals surface area contributed by atoms with Crippen LogP contribution in [0.5, 0.6) is 0 Å². The molecule has 94 valence electrons. The van der Waals surface area contributed by atoms with Crippen LogP contribution in [0.15, 0.2) is 0 Å². The van der Waals surface area contributed by atoms with Crippen LogP contribution >= 0.6 is 0 Å². The van der Waals surface area contributed by atoms with E-state index in [1.54, 1.807) is 0 Å². The van der Waals surface area contributed by atoms with Gasteiger partial charge in [-0.2, -0.15) is 0 Å². The zero-order valence-electron chi connectivity index (χ0n) is 11.2. The van der Waals surface area contributed by atoms with E-state index in [0.717, 1.165) is 18.5 Å². The van der Waals surface area contributed by atoms with E-state index in [9.17, 15) is 0 Å². The van der Waals surface area contributed by atoms with Gasteiger partial charge in [0.1, 0.15) is 0 Å². The first kappa shape index (κ1) is 12.4. The molecule has 2 nitrogen and oxygen atoms in total. The fourth-order valence-corrected chi connectivity index (χ4v) is 3.45. The van der Waals surface area contributed by atoms with Crippen LogP contribution in [0.4, 0.5) is 0 Å². The summed E-state index contributed by atoms with van der Waals surface area (Å²) in [7, 11) is 0. The highest BCUT2D eigenvalue weighted by molar-refractivity contribution is 4.88. The fourth-order valence-electron chi connectivity index (χ4n) is 3.45. The maximum atomic E-state index is 5.99. The fraction of sp³-hybridized carbons (Fsp3) is 1.00. The molecule has 0 spiro atoms. The van der Waals surface area contributed by atoms with Gasteiger partial charge in [-0.1, -0.05) is 20.8 Å². The summed E-state index contributed by atoms with van der Waals surface area (Å²) in [6.45, 7) is 9.56. The zero-order valence-corrected chi connectivity index (χ0v) is 11.2. The Labute approximate surface area is 101 Å². The lowest BCUT2D eigenvalue weighted by molar-refractivity contribution is 0.110. The smallest absolute Gasteiger partial charge is 0.0180 e. The van der Waals surface area contributed by atoms with Crippen LogP contribution in [-0.2, 0) is 0 Å². The second-order valence-corrected chi connectivity index (χ2v) is 6.92. The maximum Gasteiger partial charge on any atom is 0.0180 e. The van der Waals surface area contributed by atoms with Gasteiger partial charge in [-0.25, -0.2) is 0 Å². The molecule has 1 unspecified atom stereocenters. The van der Waals surface area contributed by atoms with Gasteiger partial charge in [-0.3, -0.25) is 4.90 Å². The molecule has 1 saturated heterocycles. The Bertz CT molecular complexity index is 223. The van der Waals surface area contributed by atoms with Crippen molar-refractivity contribution in [2.24, 2.45) is 17.1 Å². The molecule has 1 aliphatic heterocycles. The molecular weight excluding hydrogens is 196 g/mol. The van der Waals surface area contributed by atoms with Crippen molar-refractivity contribution in [1.29, 1.82) is 0 Å². The van der Waals surface area contributed by atoms with Gasteiger partial charge in [-0.05, 0) is 43.4 Å². The lowest BCUT2D eigenvalue weighted by Crippen LogP contribution is -2.39. The average Bonchev–Trinajstić information content (AvgIpc) is 2.64. The van der Waals surface area contributed by atoms with E-state index in [4.69, 9.17) is 5.73 Å². The van der Waals surface area contributed by atoms with Gasteiger partial charge in [0.05, 0.1) is 0 Å². The van der Waals surface area contributed by atoms with Gasteiger partial charge < -0.3 is 5.73 Å². The summed E-state index contributed by atoms with van der Waals surface area (Å²) in [5, 5.41) is 0. The van der Waals surface area contributed by atoms with E-state index < -0.39 is 0 Å². The van der Waals surface area contributed by atoms with Gasteiger partial charge in [0.25, 0.3) is 0 Å². The van der Waals surface area contributed by atoms with Crippen molar-refractivity contribution in [1.82, 2.24) is 4.90 Å². The Kier molecular flexibility index (Phi) is 3.60. The number of hydrogen-bond acceptors (Lipinski definition) is 2. The highest BCUT2D eigenvalue weighted by Gasteiger charge is 2.33. The van der Waals surface area contributed by atoms with Crippen LogP contribution in [0.1, 0.15) is 52.9 Å². The third-order valence-corrected chi connectivity index (χ3v) is 4.69. The molecule has 1 saturated carbocycles. The van der Waals surface area contributed by atoms with E-state index in [2.05, 4.69) is 25.7 Å². The van der Waals surface area contributed by atoms with Crippen LogP contribution in [0.2, 0.25) is 0 Å². The lowest BCUT2D eigenvalue weighted by atomic mass is 9.71. The third-order valence-electron chi connectivity index (χ3n) is 4.69. The minimum Gasteiger partial charge on any atom is -0.326 e. The molecule has 0 aromatic heterocycles. The predicted molar refractivity (Wildman–Crippen MR) is 69.4 cm³/mol. The van der Waals surface area contributed by atoms with E-state index in [-0.39, 0.29) is 0 Å². The Morgan fingerprint density at radius 3 is 2.06 bits per heavy atom. The molecule has 0 bridgehead atoms. The standard InChI is InChI=1S/C14H28N2/c1-14(2,3)11-4-6-13(7-5-11)16-9-8-12(15)10-16/h11-13H,4-10,15H2,1-3H3. The SMILES string of the molecule is CC(C)(C)C1CCC(N2CCC(N)C2)CC1. The first-order valence-electron chi connectivity index (χ1n) is 6.96. The van der Waals surface area contributed by atoms with Gasteiger partial charge >= 0.3 is 0 Å². The lowest BCUT2D eigenvalue weighted by Gasteiger charge is -2.40. The van der Waals surface area contributed by atoms with E-state index in [1.807, 2.05) is 0 Å².